The van der Waals surface area contributed by atoms with E-state index in [1.165, 1.54) is 12.1 Å². The van der Waals surface area contributed by atoms with Crippen molar-refractivity contribution in [3.63, 3.8) is 0 Å². The second-order valence-corrected chi connectivity index (χ2v) is 5.99. The Hall–Kier alpha value is -2.29. The van der Waals surface area contributed by atoms with Crippen LogP contribution >= 0.6 is 23.2 Å². The molecule has 5 nitrogen and oxygen atoms in total. The predicted octanol–water partition coefficient (Wildman–Crippen LogP) is 4.37. The number of amides is 1. The first-order valence-corrected chi connectivity index (χ1v) is 8.05. The fraction of sp³-hybridized carbons (Fsp3) is 0.235. The van der Waals surface area contributed by atoms with Crippen molar-refractivity contribution < 1.29 is 4.79 Å². The molecule has 0 bridgehead atoms. The SMILES string of the molecule is CCn1nc(C)c(C=C(C#N)C(=O)Nc2cc(Cl)ccc2Cl)c1C. The van der Waals surface area contributed by atoms with Crippen LogP contribution in [0.3, 0.4) is 0 Å². The monoisotopic (exact) mass is 362 g/mol. The van der Waals surface area contributed by atoms with Crippen LogP contribution in [0.15, 0.2) is 23.8 Å². The van der Waals surface area contributed by atoms with Crippen LogP contribution in [0.5, 0.6) is 0 Å². The molecular weight excluding hydrogens is 347 g/mol. The number of hydrogen-bond acceptors (Lipinski definition) is 3. The number of carbonyl (C=O) groups is 1. The lowest BCUT2D eigenvalue weighted by Gasteiger charge is -2.07. The minimum atomic E-state index is -0.551. The molecule has 1 N–H and O–H groups in total. The van der Waals surface area contributed by atoms with Crippen LogP contribution in [0.4, 0.5) is 5.69 Å². The Kier molecular flexibility index (Phi) is 5.66. The molecule has 2 aromatic rings. The zero-order valence-electron chi connectivity index (χ0n) is 13.5. The Balaban J connectivity index is 2.35. The summed E-state index contributed by atoms with van der Waals surface area (Å²) in [5.74, 6) is -0.551. The number of nitrogens with zero attached hydrogens (tertiary/aromatic N) is 3. The Morgan fingerprint density at radius 1 is 1.42 bits per heavy atom. The molecule has 0 spiro atoms. The van der Waals surface area contributed by atoms with E-state index in [0.717, 1.165) is 17.0 Å². The van der Waals surface area contributed by atoms with Crippen molar-refractivity contribution >= 4 is 40.9 Å². The molecule has 0 unspecified atom stereocenters. The number of carbonyl (C=O) groups excluding carboxylic acids is 1. The van der Waals surface area contributed by atoms with Crippen molar-refractivity contribution in [2.24, 2.45) is 0 Å². The highest BCUT2D eigenvalue weighted by molar-refractivity contribution is 6.36. The number of aryl methyl sites for hydroxylation is 2. The molecule has 1 heterocycles. The van der Waals surface area contributed by atoms with Crippen molar-refractivity contribution in [3.05, 3.63) is 50.8 Å². The maximum atomic E-state index is 12.4. The van der Waals surface area contributed by atoms with Gasteiger partial charge in [-0.15, -0.1) is 0 Å². The molecule has 1 aromatic carbocycles. The highest BCUT2D eigenvalue weighted by Gasteiger charge is 2.15. The summed E-state index contributed by atoms with van der Waals surface area (Å²) in [5, 5.41) is 17.1. The van der Waals surface area contributed by atoms with Crippen molar-refractivity contribution in [1.29, 1.82) is 5.26 Å². The van der Waals surface area contributed by atoms with Gasteiger partial charge in [0.05, 0.1) is 16.4 Å². The molecule has 0 aliphatic carbocycles. The van der Waals surface area contributed by atoms with E-state index in [1.807, 2.05) is 31.5 Å². The largest absolute Gasteiger partial charge is 0.320 e. The standard InChI is InChI=1S/C17H16Cl2N4O/c1-4-23-11(3)14(10(2)22-23)7-12(9-20)17(24)21-16-8-13(18)5-6-15(16)19/h5-8H,4H2,1-3H3,(H,21,24). The zero-order chi connectivity index (χ0) is 17.9. The van der Waals surface area contributed by atoms with Gasteiger partial charge in [0.15, 0.2) is 0 Å². The number of rotatable bonds is 4. The molecule has 0 atom stereocenters. The molecule has 0 fully saturated rings. The molecule has 24 heavy (non-hydrogen) atoms. The van der Waals surface area contributed by atoms with Gasteiger partial charge < -0.3 is 5.32 Å². The summed E-state index contributed by atoms with van der Waals surface area (Å²) in [7, 11) is 0. The van der Waals surface area contributed by atoms with Crippen LogP contribution in [-0.4, -0.2) is 15.7 Å². The third-order valence-electron chi connectivity index (χ3n) is 3.57. The Morgan fingerprint density at radius 3 is 2.71 bits per heavy atom. The summed E-state index contributed by atoms with van der Waals surface area (Å²) in [6, 6.07) is 6.65. The van der Waals surface area contributed by atoms with Crippen molar-refractivity contribution in [2.75, 3.05) is 5.32 Å². The molecule has 7 heteroatoms. The van der Waals surface area contributed by atoms with E-state index in [4.69, 9.17) is 23.2 Å². The van der Waals surface area contributed by atoms with Crippen LogP contribution in [0.1, 0.15) is 23.9 Å². The van der Waals surface area contributed by atoms with Crippen molar-refractivity contribution in [3.8, 4) is 6.07 Å². The lowest BCUT2D eigenvalue weighted by atomic mass is 10.1. The van der Waals surface area contributed by atoms with E-state index >= 15 is 0 Å². The normalized spacial score (nSPS) is 11.2. The van der Waals surface area contributed by atoms with E-state index in [9.17, 15) is 10.1 Å². The van der Waals surface area contributed by atoms with E-state index in [0.29, 0.717) is 22.3 Å². The number of halogens is 2. The van der Waals surface area contributed by atoms with Gasteiger partial charge in [-0.2, -0.15) is 10.4 Å². The van der Waals surface area contributed by atoms with Crippen LogP contribution in [-0.2, 0) is 11.3 Å². The molecular formula is C17H16Cl2N4O. The summed E-state index contributed by atoms with van der Waals surface area (Å²) in [4.78, 5) is 12.4. The average molecular weight is 363 g/mol. The maximum Gasteiger partial charge on any atom is 0.266 e. The van der Waals surface area contributed by atoms with Gasteiger partial charge in [-0.3, -0.25) is 9.48 Å². The predicted molar refractivity (Wildman–Crippen MR) is 96.1 cm³/mol. The molecule has 0 aliphatic rings. The minimum absolute atomic E-state index is 0.0344. The summed E-state index contributed by atoms with van der Waals surface area (Å²) in [6.07, 6.45) is 1.54. The quantitative estimate of drug-likeness (QED) is 0.648. The Morgan fingerprint density at radius 2 is 2.12 bits per heavy atom. The van der Waals surface area contributed by atoms with Gasteiger partial charge in [0.25, 0.3) is 5.91 Å². The third-order valence-corrected chi connectivity index (χ3v) is 4.13. The molecule has 0 aliphatic heterocycles. The van der Waals surface area contributed by atoms with Gasteiger partial charge in [0.2, 0.25) is 0 Å². The van der Waals surface area contributed by atoms with Gasteiger partial charge >= 0.3 is 0 Å². The summed E-state index contributed by atoms with van der Waals surface area (Å²) in [5.41, 5.74) is 2.74. The van der Waals surface area contributed by atoms with Gasteiger partial charge in [0, 0.05) is 22.8 Å². The number of aromatic nitrogens is 2. The molecule has 124 valence electrons. The van der Waals surface area contributed by atoms with Crippen LogP contribution in [0.2, 0.25) is 10.0 Å². The Labute approximate surface area is 150 Å². The van der Waals surface area contributed by atoms with Gasteiger partial charge in [-0.25, -0.2) is 0 Å². The maximum absolute atomic E-state index is 12.4. The lowest BCUT2D eigenvalue weighted by Crippen LogP contribution is -2.14. The van der Waals surface area contributed by atoms with Gasteiger partial charge in [0.1, 0.15) is 11.6 Å². The van der Waals surface area contributed by atoms with Crippen molar-refractivity contribution in [2.45, 2.75) is 27.3 Å². The molecule has 2 rings (SSSR count). The fourth-order valence-corrected chi connectivity index (χ4v) is 2.64. The number of benzene rings is 1. The van der Waals surface area contributed by atoms with Gasteiger partial charge in [-0.05, 0) is 45.0 Å². The fourth-order valence-electron chi connectivity index (χ4n) is 2.30. The summed E-state index contributed by atoms with van der Waals surface area (Å²) >= 11 is 11.9. The number of nitriles is 1. The van der Waals surface area contributed by atoms with E-state index in [2.05, 4.69) is 10.4 Å². The van der Waals surface area contributed by atoms with E-state index < -0.39 is 5.91 Å². The van der Waals surface area contributed by atoms with Gasteiger partial charge in [-0.1, -0.05) is 23.2 Å². The number of hydrogen-bond donors (Lipinski definition) is 1. The molecule has 1 amide bonds. The second-order valence-electron chi connectivity index (χ2n) is 5.15. The minimum Gasteiger partial charge on any atom is -0.320 e. The summed E-state index contributed by atoms with van der Waals surface area (Å²) in [6.45, 7) is 6.43. The number of nitrogens with one attached hydrogen (secondary N) is 1. The second kappa shape index (κ2) is 7.52. The van der Waals surface area contributed by atoms with Crippen LogP contribution in [0.25, 0.3) is 6.08 Å². The third kappa shape index (κ3) is 3.78. The first-order valence-electron chi connectivity index (χ1n) is 7.29. The lowest BCUT2D eigenvalue weighted by molar-refractivity contribution is -0.112. The number of anilines is 1. The Bertz CT molecular complexity index is 862. The van der Waals surface area contributed by atoms with Crippen LogP contribution < -0.4 is 5.32 Å². The van der Waals surface area contributed by atoms with Crippen molar-refractivity contribution in [1.82, 2.24) is 9.78 Å². The van der Waals surface area contributed by atoms with E-state index in [-0.39, 0.29) is 5.57 Å². The van der Waals surface area contributed by atoms with E-state index in [1.54, 1.807) is 12.1 Å². The first-order chi connectivity index (χ1) is 11.4. The smallest absolute Gasteiger partial charge is 0.266 e. The van der Waals surface area contributed by atoms with Crippen LogP contribution in [0, 0.1) is 25.2 Å². The highest BCUT2D eigenvalue weighted by atomic mass is 35.5. The summed E-state index contributed by atoms with van der Waals surface area (Å²) < 4.78 is 1.82. The molecule has 1 aromatic heterocycles. The topological polar surface area (TPSA) is 70.7 Å². The molecule has 0 saturated heterocycles. The average Bonchev–Trinajstić information content (AvgIpc) is 2.82. The molecule has 0 saturated carbocycles. The zero-order valence-corrected chi connectivity index (χ0v) is 15.0. The molecule has 0 radical (unpaired) electrons. The first kappa shape index (κ1) is 18.1. The highest BCUT2D eigenvalue weighted by Crippen LogP contribution is 2.26.